The Balaban J connectivity index is 2.05. The first kappa shape index (κ1) is 15.5. The number of nitrogens with zero attached hydrogens (tertiary/aromatic N) is 1. The van der Waals surface area contributed by atoms with Gasteiger partial charge in [-0.2, -0.15) is 0 Å². The Morgan fingerprint density at radius 2 is 1.81 bits per heavy atom. The largest absolute Gasteiger partial charge is 0.481 e. The smallest absolute Gasteiger partial charge is 0.213 e. The van der Waals surface area contributed by atoms with Crippen LogP contribution in [0.3, 0.4) is 0 Å². The lowest BCUT2D eigenvalue weighted by Crippen LogP contribution is -2.23. The van der Waals surface area contributed by atoms with Crippen molar-refractivity contribution < 1.29 is 4.74 Å². The van der Waals surface area contributed by atoms with Crippen LogP contribution in [0.5, 0.6) is 5.88 Å². The molecule has 0 saturated heterocycles. The summed E-state index contributed by atoms with van der Waals surface area (Å²) in [5.74, 6) is 1.30. The molecule has 3 heteroatoms. The molecule has 0 fully saturated rings. The lowest BCUT2D eigenvalue weighted by molar-refractivity contribution is 0.392. The van der Waals surface area contributed by atoms with Crippen LogP contribution in [-0.2, 0) is 6.54 Å². The van der Waals surface area contributed by atoms with Crippen LogP contribution < -0.4 is 10.1 Å². The van der Waals surface area contributed by atoms with Crippen molar-refractivity contribution in [1.29, 1.82) is 0 Å². The van der Waals surface area contributed by atoms with E-state index >= 15 is 0 Å². The summed E-state index contributed by atoms with van der Waals surface area (Å²) >= 11 is 0. The van der Waals surface area contributed by atoms with Gasteiger partial charge >= 0.3 is 0 Å². The van der Waals surface area contributed by atoms with E-state index in [2.05, 4.69) is 54.5 Å². The van der Waals surface area contributed by atoms with Crippen molar-refractivity contribution >= 4 is 0 Å². The van der Waals surface area contributed by atoms with Gasteiger partial charge in [-0.15, -0.1) is 0 Å². The summed E-state index contributed by atoms with van der Waals surface area (Å²) in [6, 6.07) is 16.8. The van der Waals surface area contributed by atoms with Crippen LogP contribution in [0.25, 0.3) is 0 Å². The van der Waals surface area contributed by atoms with Crippen LogP contribution in [0.15, 0.2) is 48.5 Å². The van der Waals surface area contributed by atoms with Gasteiger partial charge in [-0.05, 0) is 24.0 Å². The Morgan fingerprint density at radius 1 is 1.05 bits per heavy atom. The van der Waals surface area contributed by atoms with Crippen molar-refractivity contribution in [2.24, 2.45) is 5.92 Å². The molecule has 21 heavy (non-hydrogen) atoms. The summed E-state index contributed by atoms with van der Waals surface area (Å²) < 4.78 is 5.17. The molecule has 0 bridgehead atoms. The molecule has 0 aliphatic carbocycles. The summed E-state index contributed by atoms with van der Waals surface area (Å²) in [6.45, 7) is 5.24. The van der Waals surface area contributed by atoms with Crippen molar-refractivity contribution in [2.45, 2.75) is 32.9 Å². The minimum atomic E-state index is 0.346. The average Bonchev–Trinajstić information content (AvgIpc) is 2.52. The van der Waals surface area contributed by atoms with Crippen molar-refractivity contribution in [3.8, 4) is 5.88 Å². The van der Waals surface area contributed by atoms with Gasteiger partial charge in [-0.25, -0.2) is 4.98 Å². The molecule has 1 aromatic heterocycles. The van der Waals surface area contributed by atoms with E-state index in [0.29, 0.717) is 17.8 Å². The van der Waals surface area contributed by atoms with Gasteiger partial charge in [-0.1, -0.05) is 50.2 Å². The highest BCUT2D eigenvalue weighted by atomic mass is 16.5. The van der Waals surface area contributed by atoms with E-state index in [0.717, 1.165) is 18.7 Å². The van der Waals surface area contributed by atoms with Crippen LogP contribution in [-0.4, -0.2) is 12.1 Å². The van der Waals surface area contributed by atoms with Gasteiger partial charge < -0.3 is 10.1 Å². The molecule has 0 aliphatic heterocycles. The van der Waals surface area contributed by atoms with Gasteiger partial charge in [0.05, 0.1) is 12.8 Å². The van der Waals surface area contributed by atoms with Gasteiger partial charge in [0.2, 0.25) is 5.88 Å². The highest BCUT2D eigenvalue weighted by molar-refractivity contribution is 5.20. The molecule has 2 rings (SSSR count). The van der Waals surface area contributed by atoms with Crippen molar-refractivity contribution in [3.63, 3.8) is 0 Å². The zero-order chi connectivity index (χ0) is 15.1. The maximum absolute atomic E-state index is 5.17. The quantitative estimate of drug-likeness (QED) is 0.835. The Hall–Kier alpha value is -1.87. The first-order chi connectivity index (χ1) is 10.2. The average molecular weight is 284 g/mol. The van der Waals surface area contributed by atoms with Crippen molar-refractivity contribution in [2.75, 3.05) is 7.11 Å². The SMILES string of the molecule is COc1cccc(CNC(CC(C)C)c2ccccc2)n1. The van der Waals surface area contributed by atoms with Gasteiger partial charge in [0.25, 0.3) is 0 Å². The molecule has 1 atom stereocenters. The molecule has 1 N–H and O–H groups in total. The lowest BCUT2D eigenvalue weighted by atomic mass is 9.97. The fraction of sp³-hybridized carbons (Fsp3) is 0.389. The van der Waals surface area contributed by atoms with Crippen molar-refractivity contribution in [1.82, 2.24) is 10.3 Å². The summed E-state index contributed by atoms with van der Waals surface area (Å²) in [4.78, 5) is 4.45. The number of hydrogen-bond acceptors (Lipinski definition) is 3. The van der Waals surface area contributed by atoms with Gasteiger partial charge in [-0.3, -0.25) is 0 Å². The molecule has 0 spiro atoms. The minimum absolute atomic E-state index is 0.346. The fourth-order valence-electron chi connectivity index (χ4n) is 2.39. The molecule has 1 aromatic carbocycles. The number of rotatable bonds is 7. The first-order valence-electron chi connectivity index (χ1n) is 7.47. The van der Waals surface area contributed by atoms with Crippen LogP contribution in [0, 0.1) is 5.92 Å². The minimum Gasteiger partial charge on any atom is -0.481 e. The second kappa shape index (κ2) is 7.79. The molecule has 0 amide bonds. The van der Waals surface area contributed by atoms with E-state index in [-0.39, 0.29) is 0 Å². The molecule has 0 aliphatic rings. The van der Waals surface area contributed by atoms with Crippen LogP contribution >= 0.6 is 0 Å². The Kier molecular flexibility index (Phi) is 5.76. The lowest BCUT2D eigenvalue weighted by Gasteiger charge is -2.21. The predicted octanol–water partition coefficient (Wildman–Crippen LogP) is 3.97. The molecule has 1 unspecified atom stereocenters. The molecule has 0 radical (unpaired) electrons. The molecule has 2 aromatic rings. The van der Waals surface area contributed by atoms with E-state index in [9.17, 15) is 0 Å². The summed E-state index contributed by atoms with van der Waals surface area (Å²) in [5.41, 5.74) is 2.33. The third kappa shape index (κ3) is 4.87. The number of benzene rings is 1. The van der Waals surface area contributed by atoms with E-state index < -0.39 is 0 Å². The third-order valence-corrected chi connectivity index (χ3v) is 3.43. The Bertz CT molecular complexity index is 540. The van der Waals surface area contributed by atoms with E-state index in [1.807, 2.05) is 18.2 Å². The van der Waals surface area contributed by atoms with E-state index in [1.165, 1.54) is 5.56 Å². The normalized spacial score (nSPS) is 12.4. The third-order valence-electron chi connectivity index (χ3n) is 3.43. The van der Waals surface area contributed by atoms with E-state index in [1.54, 1.807) is 7.11 Å². The molecule has 1 heterocycles. The number of aromatic nitrogens is 1. The number of methoxy groups -OCH3 is 1. The number of hydrogen-bond donors (Lipinski definition) is 1. The zero-order valence-electron chi connectivity index (χ0n) is 13.0. The molecule has 0 saturated carbocycles. The number of pyridine rings is 1. The Labute approximate surface area is 127 Å². The number of ether oxygens (including phenoxy) is 1. The fourth-order valence-corrected chi connectivity index (χ4v) is 2.39. The summed E-state index contributed by atoms with van der Waals surface area (Å²) in [7, 11) is 1.64. The highest BCUT2D eigenvalue weighted by Crippen LogP contribution is 2.21. The van der Waals surface area contributed by atoms with Crippen molar-refractivity contribution in [3.05, 3.63) is 59.8 Å². The zero-order valence-corrected chi connectivity index (χ0v) is 13.0. The van der Waals surface area contributed by atoms with Crippen LogP contribution in [0.2, 0.25) is 0 Å². The molecule has 112 valence electrons. The van der Waals surface area contributed by atoms with Crippen LogP contribution in [0.4, 0.5) is 0 Å². The first-order valence-corrected chi connectivity index (χ1v) is 7.47. The van der Waals surface area contributed by atoms with Crippen LogP contribution in [0.1, 0.15) is 37.6 Å². The maximum Gasteiger partial charge on any atom is 0.213 e. The monoisotopic (exact) mass is 284 g/mol. The van der Waals surface area contributed by atoms with E-state index in [4.69, 9.17) is 4.74 Å². The Morgan fingerprint density at radius 3 is 2.48 bits per heavy atom. The number of nitrogens with one attached hydrogen (secondary N) is 1. The molecular weight excluding hydrogens is 260 g/mol. The summed E-state index contributed by atoms with van der Waals surface area (Å²) in [6.07, 6.45) is 1.11. The predicted molar refractivity (Wildman–Crippen MR) is 86.3 cm³/mol. The standard InChI is InChI=1S/C18H24N2O/c1-14(2)12-17(15-8-5-4-6-9-15)19-13-16-10-7-11-18(20-16)21-3/h4-11,14,17,19H,12-13H2,1-3H3. The topological polar surface area (TPSA) is 34.1 Å². The highest BCUT2D eigenvalue weighted by Gasteiger charge is 2.13. The molecule has 3 nitrogen and oxygen atoms in total. The molecular formula is C18H24N2O. The van der Waals surface area contributed by atoms with Gasteiger partial charge in [0.1, 0.15) is 0 Å². The van der Waals surface area contributed by atoms with Gasteiger partial charge in [0.15, 0.2) is 0 Å². The maximum atomic E-state index is 5.17. The second-order valence-electron chi connectivity index (χ2n) is 5.65. The second-order valence-corrected chi connectivity index (χ2v) is 5.65. The summed E-state index contributed by atoms with van der Waals surface area (Å²) in [5, 5.41) is 3.62. The van der Waals surface area contributed by atoms with Gasteiger partial charge in [0, 0.05) is 18.7 Å².